The lowest BCUT2D eigenvalue weighted by atomic mass is 10.2. The van der Waals surface area contributed by atoms with Gasteiger partial charge in [-0.15, -0.1) is 11.3 Å². The molecule has 0 atom stereocenters. The molecule has 0 unspecified atom stereocenters. The molecule has 8 heteroatoms. The molecule has 0 saturated carbocycles. The lowest BCUT2D eigenvalue weighted by Crippen LogP contribution is -2.25. The molecule has 0 aliphatic rings. The van der Waals surface area contributed by atoms with Gasteiger partial charge in [-0.1, -0.05) is 49.0 Å². The number of aromatic nitrogens is 4. The van der Waals surface area contributed by atoms with Gasteiger partial charge in [0.25, 0.3) is 5.56 Å². The predicted molar refractivity (Wildman–Crippen MR) is 108 cm³/mol. The Balaban J connectivity index is 1.64. The first-order chi connectivity index (χ1) is 13.1. The van der Waals surface area contributed by atoms with Crippen molar-refractivity contribution in [3.8, 4) is 10.7 Å². The van der Waals surface area contributed by atoms with Gasteiger partial charge in [0.1, 0.15) is 0 Å². The van der Waals surface area contributed by atoms with Crippen LogP contribution in [0.3, 0.4) is 0 Å². The summed E-state index contributed by atoms with van der Waals surface area (Å²) in [5.74, 6) is 1.90. The third-order valence-corrected chi connectivity index (χ3v) is 5.74. The van der Waals surface area contributed by atoms with E-state index in [2.05, 4.69) is 24.0 Å². The first kappa shape index (κ1) is 17.9. The number of hydrogen-bond acceptors (Lipinski definition) is 7. The van der Waals surface area contributed by atoms with Crippen LogP contribution in [0.25, 0.3) is 21.6 Å². The Morgan fingerprint density at radius 3 is 2.81 bits per heavy atom. The third kappa shape index (κ3) is 3.81. The fourth-order valence-electron chi connectivity index (χ4n) is 2.73. The predicted octanol–water partition coefficient (Wildman–Crippen LogP) is 4.46. The molecule has 27 heavy (non-hydrogen) atoms. The van der Waals surface area contributed by atoms with Crippen LogP contribution in [0, 0.1) is 5.92 Å². The highest BCUT2D eigenvalue weighted by molar-refractivity contribution is 7.98. The molecule has 0 bridgehead atoms. The van der Waals surface area contributed by atoms with Gasteiger partial charge < -0.3 is 4.52 Å². The van der Waals surface area contributed by atoms with Crippen molar-refractivity contribution in [2.45, 2.75) is 31.3 Å². The normalized spacial score (nSPS) is 11.5. The SMILES string of the molecule is CC(C)Cn1c(SCc2nc(-c3cccs3)no2)nc2ccccc2c1=O. The maximum absolute atomic E-state index is 12.9. The zero-order chi connectivity index (χ0) is 18.8. The first-order valence-corrected chi connectivity index (χ1v) is 10.5. The van der Waals surface area contributed by atoms with Gasteiger partial charge in [-0.05, 0) is 29.5 Å². The molecule has 4 aromatic rings. The molecule has 3 aromatic heterocycles. The number of thiophene rings is 1. The largest absolute Gasteiger partial charge is 0.338 e. The number of benzene rings is 1. The molecule has 0 N–H and O–H groups in total. The second kappa shape index (κ2) is 7.66. The number of fused-ring (bicyclic) bond motifs is 1. The van der Waals surface area contributed by atoms with E-state index in [4.69, 9.17) is 9.51 Å². The van der Waals surface area contributed by atoms with Crippen LogP contribution in [0.1, 0.15) is 19.7 Å². The van der Waals surface area contributed by atoms with Gasteiger partial charge in [-0.2, -0.15) is 4.98 Å². The summed E-state index contributed by atoms with van der Waals surface area (Å²) in [7, 11) is 0. The van der Waals surface area contributed by atoms with Crippen molar-refractivity contribution in [1.82, 2.24) is 19.7 Å². The lowest BCUT2D eigenvalue weighted by Gasteiger charge is -2.14. The number of hydrogen-bond donors (Lipinski definition) is 0. The summed E-state index contributed by atoms with van der Waals surface area (Å²) in [4.78, 5) is 23.0. The number of rotatable bonds is 6. The fraction of sp³-hybridized carbons (Fsp3) is 0.263. The van der Waals surface area contributed by atoms with Gasteiger partial charge in [-0.25, -0.2) is 4.98 Å². The van der Waals surface area contributed by atoms with Crippen LogP contribution in [-0.4, -0.2) is 19.7 Å². The lowest BCUT2D eigenvalue weighted by molar-refractivity contribution is 0.391. The van der Waals surface area contributed by atoms with E-state index in [0.717, 1.165) is 4.88 Å². The average molecular weight is 399 g/mol. The number of thioether (sulfide) groups is 1. The smallest absolute Gasteiger partial charge is 0.262 e. The molecule has 0 spiro atoms. The van der Waals surface area contributed by atoms with Gasteiger partial charge in [0, 0.05) is 6.54 Å². The summed E-state index contributed by atoms with van der Waals surface area (Å²) in [5, 5.41) is 7.32. The van der Waals surface area contributed by atoms with Crippen molar-refractivity contribution in [3.05, 3.63) is 58.0 Å². The van der Waals surface area contributed by atoms with E-state index in [1.165, 1.54) is 11.8 Å². The Morgan fingerprint density at radius 2 is 2.04 bits per heavy atom. The van der Waals surface area contributed by atoms with Gasteiger partial charge in [0.15, 0.2) is 5.16 Å². The van der Waals surface area contributed by atoms with Gasteiger partial charge in [0.05, 0.1) is 21.5 Å². The van der Waals surface area contributed by atoms with E-state index < -0.39 is 0 Å². The maximum atomic E-state index is 12.9. The highest BCUT2D eigenvalue weighted by Gasteiger charge is 2.15. The minimum Gasteiger partial charge on any atom is -0.338 e. The zero-order valence-electron chi connectivity index (χ0n) is 15.0. The van der Waals surface area contributed by atoms with Crippen LogP contribution in [0.5, 0.6) is 0 Å². The van der Waals surface area contributed by atoms with Gasteiger partial charge >= 0.3 is 0 Å². The minimum atomic E-state index is -0.0124. The van der Waals surface area contributed by atoms with Crippen LogP contribution in [-0.2, 0) is 12.3 Å². The van der Waals surface area contributed by atoms with Crippen LogP contribution in [0.4, 0.5) is 0 Å². The highest BCUT2D eigenvalue weighted by Crippen LogP contribution is 2.25. The molecule has 1 aromatic carbocycles. The van der Waals surface area contributed by atoms with E-state index >= 15 is 0 Å². The molecule has 4 rings (SSSR count). The molecular formula is C19H18N4O2S2. The molecule has 0 saturated heterocycles. The summed E-state index contributed by atoms with van der Waals surface area (Å²) in [6.07, 6.45) is 0. The van der Waals surface area contributed by atoms with Crippen molar-refractivity contribution in [2.24, 2.45) is 5.92 Å². The molecule has 0 fully saturated rings. The van der Waals surface area contributed by atoms with Crippen LogP contribution in [0.2, 0.25) is 0 Å². The second-order valence-corrected chi connectivity index (χ2v) is 8.39. The molecular weight excluding hydrogens is 380 g/mol. The van der Waals surface area contributed by atoms with E-state index in [1.807, 2.05) is 41.8 Å². The molecule has 0 radical (unpaired) electrons. The molecule has 0 aliphatic heterocycles. The van der Waals surface area contributed by atoms with Crippen LogP contribution >= 0.6 is 23.1 Å². The topological polar surface area (TPSA) is 73.8 Å². The minimum absolute atomic E-state index is 0.0124. The van der Waals surface area contributed by atoms with Gasteiger partial charge in [-0.3, -0.25) is 9.36 Å². The zero-order valence-corrected chi connectivity index (χ0v) is 16.6. The Kier molecular flexibility index (Phi) is 5.09. The molecule has 138 valence electrons. The van der Waals surface area contributed by atoms with Crippen molar-refractivity contribution >= 4 is 34.0 Å². The van der Waals surface area contributed by atoms with E-state index in [0.29, 0.717) is 46.0 Å². The van der Waals surface area contributed by atoms with E-state index in [9.17, 15) is 4.79 Å². The Bertz CT molecular complexity index is 1120. The molecule has 6 nitrogen and oxygen atoms in total. The average Bonchev–Trinajstić information content (AvgIpc) is 3.33. The van der Waals surface area contributed by atoms with Crippen LogP contribution < -0.4 is 5.56 Å². The van der Waals surface area contributed by atoms with Crippen LogP contribution in [0.15, 0.2) is 56.3 Å². The van der Waals surface area contributed by atoms with E-state index in [-0.39, 0.29) is 5.56 Å². The summed E-state index contributed by atoms with van der Waals surface area (Å²) in [5.41, 5.74) is 0.691. The van der Waals surface area contributed by atoms with E-state index in [1.54, 1.807) is 15.9 Å². The third-order valence-electron chi connectivity index (χ3n) is 3.91. The highest BCUT2D eigenvalue weighted by atomic mass is 32.2. The van der Waals surface area contributed by atoms with Crippen molar-refractivity contribution < 1.29 is 4.52 Å². The Morgan fingerprint density at radius 1 is 1.19 bits per heavy atom. The quantitative estimate of drug-likeness (QED) is 0.353. The summed E-state index contributed by atoms with van der Waals surface area (Å²) >= 11 is 3.01. The first-order valence-electron chi connectivity index (χ1n) is 8.60. The summed E-state index contributed by atoms with van der Waals surface area (Å²) < 4.78 is 7.10. The fourth-order valence-corrected chi connectivity index (χ4v) is 4.22. The monoisotopic (exact) mass is 398 g/mol. The molecule has 0 amide bonds. The summed E-state index contributed by atoms with van der Waals surface area (Å²) in [6, 6.07) is 11.3. The van der Waals surface area contributed by atoms with Crippen molar-refractivity contribution in [1.29, 1.82) is 0 Å². The molecule has 0 aliphatic carbocycles. The standard InChI is InChI=1S/C19H18N4O2S2/c1-12(2)10-23-18(24)13-6-3-4-7-14(13)20-19(23)27-11-16-21-17(22-25-16)15-8-5-9-26-15/h3-9,12H,10-11H2,1-2H3. The van der Waals surface area contributed by atoms with Crippen molar-refractivity contribution in [3.63, 3.8) is 0 Å². The maximum Gasteiger partial charge on any atom is 0.262 e. The number of nitrogens with zero attached hydrogens (tertiary/aromatic N) is 4. The van der Waals surface area contributed by atoms with Crippen molar-refractivity contribution in [2.75, 3.05) is 0 Å². The van der Waals surface area contributed by atoms with Gasteiger partial charge in [0.2, 0.25) is 11.7 Å². The second-order valence-electron chi connectivity index (χ2n) is 6.50. The summed E-state index contributed by atoms with van der Waals surface area (Å²) in [6.45, 7) is 4.78. The number of para-hydroxylation sites is 1. The Hall–Kier alpha value is -2.45. The molecule has 3 heterocycles. The Labute approximate surface area is 164 Å².